The summed E-state index contributed by atoms with van der Waals surface area (Å²) < 4.78 is 0. The predicted octanol–water partition coefficient (Wildman–Crippen LogP) is 2.37. The average molecular weight is 224 g/mol. The van der Waals surface area contributed by atoms with Crippen molar-refractivity contribution in [2.45, 2.75) is 44.8 Å². The number of aryl methyl sites for hydroxylation is 1. The van der Waals surface area contributed by atoms with Crippen molar-refractivity contribution in [2.24, 2.45) is 5.73 Å². The van der Waals surface area contributed by atoms with Gasteiger partial charge in [0.25, 0.3) is 0 Å². The zero-order chi connectivity index (χ0) is 10.8. The molecule has 0 bridgehead atoms. The number of rotatable bonds is 3. The number of thiophene rings is 1. The quantitative estimate of drug-likeness (QED) is 0.854. The number of nitrogens with two attached hydrogens (primary N) is 1. The van der Waals surface area contributed by atoms with E-state index in [0.29, 0.717) is 12.1 Å². The zero-order valence-corrected chi connectivity index (χ0v) is 10.4. The van der Waals surface area contributed by atoms with Crippen LogP contribution in [-0.2, 0) is 6.54 Å². The zero-order valence-electron chi connectivity index (χ0n) is 9.57. The molecule has 1 aromatic rings. The summed E-state index contributed by atoms with van der Waals surface area (Å²) in [5.74, 6) is 0. The van der Waals surface area contributed by atoms with Crippen LogP contribution in [0.1, 0.15) is 29.7 Å². The molecule has 84 valence electrons. The Hall–Kier alpha value is -0.380. The molecule has 1 aliphatic carbocycles. The summed E-state index contributed by atoms with van der Waals surface area (Å²) in [6.07, 6.45) is 3.75. The molecule has 1 aliphatic rings. The first-order valence-electron chi connectivity index (χ1n) is 5.67. The van der Waals surface area contributed by atoms with E-state index in [0.717, 1.165) is 6.54 Å². The van der Waals surface area contributed by atoms with Crippen molar-refractivity contribution in [1.29, 1.82) is 0 Å². The largest absolute Gasteiger partial charge is 0.326 e. The van der Waals surface area contributed by atoms with Crippen LogP contribution in [-0.4, -0.2) is 24.0 Å². The Morgan fingerprint density at radius 2 is 2.33 bits per heavy atom. The van der Waals surface area contributed by atoms with Crippen LogP contribution in [0.25, 0.3) is 0 Å². The summed E-state index contributed by atoms with van der Waals surface area (Å²) in [5.41, 5.74) is 7.52. The lowest BCUT2D eigenvalue weighted by Crippen LogP contribution is -2.41. The molecule has 1 saturated carbocycles. The maximum Gasteiger partial charge on any atom is 0.0331 e. The second-order valence-electron chi connectivity index (χ2n) is 4.60. The molecule has 15 heavy (non-hydrogen) atoms. The fraction of sp³-hybridized carbons (Fsp3) is 0.667. The maximum absolute atomic E-state index is 6.11. The third-order valence-corrected chi connectivity index (χ3v) is 4.47. The van der Waals surface area contributed by atoms with Crippen molar-refractivity contribution < 1.29 is 0 Å². The molecule has 2 nitrogen and oxygen atoms in total. The van der Waals surface area contributed by atoms with Gasteiger partial charge in [-0.2, -0.15) is 0 Å². The first-order valence-corrected chi connectivity index (χ1v) is 6.55. The van der Waals surface area contributed by atoms with Gasteiger partial charge in [-0.25, -0.2) is 0 Å². The van der Waals surface area contributed by atoms with Crippen LogP contribution in [0.5, 0.6) is 0 Å². The van der Waals surface area contributed by atoms with Crippen molar-refractivity contribution >= 4 is 11.3 Å². The van der Waals surface area contributed by atoms with Gasteiger partial charge in [0, 0.05) is 23.5 Å². The van der Waals surface area contributed by atoms with Crippen molar-refractivity contribution in [1.82, 2.24) is 4.90 Å². The van der Waals surface area contributed by atoms with E-state index in [4.69, 9.17) is 5.73 Å². The Labute approximate surface area is 96.1 Å². The molecular weight excluding hydrogens is 204 g/mol. The number of likely N-dealkylation sites (N-methyl/N-ethyl adjacent to an activating group) is 1. The van der Waals surface area contributed by atoms with E-state index in [1.807, 2.05) is 11.3 Å². The van der Waals surface area contributed by atoms with Gasteiger partial charge >= 0.3 is 0 Å². The van der Waals surface area contributed by atoms with E-state index < -0.39 is 0 Å². The van der Waals surface area contributed by atoms with E-state index in [2.05, 4.69) is 30.3 Å². The SMILES string of the molecule is Cc1ccsc1CN(C)C1CCCC1N. The van der Waals surface area contributed by atoms with Gasteiger partial charge in [0.15, 0.2) is 0 Å². The van der Waals surface area contributed by atoms with Gasteiger partial charge in [-0.3, -0.25) is 4.90 Å². The van der Waals surface area contributed by atoms with Gasteiger partial charge in [-0.05, 0) is 43.8 Å². The third kappa shape index (κ3) is 2.41. The van der Waals surface area contributed by atoms with Gasteiger partial charge in [-0.15, -0.1) is 11.3 Å². The molecule has 2 unspecified atom stereocenters. The lowest BCUT2D eigenvalue weighted by Gasteiger charge is -2.27. The summed E-state index contributed by atoms with van der Waals surface area (Å²) in [4.78, 5) is 3.91. The minimum absolute atomic E-state index is 0.385. The Kier molecular flexibility index (Phi) is 3.44. The van der Waals surface area contributed by atoms with Crippen molar-refractivity contribution in [3.05, 3.63) is 21.9 Å². The Morgan fingerprint density at radius 3 is 2.87 bits per heavy atom. The highest BCUT2D eigenvalue weighted by Gasteiger charge is 2.27. The summed E-state index contributed by atoms with van der Waals surface area (Å²) in [5, 5.41) is 2.17. The van der Waals surface area contributed by atoms with E-state index >= 15 is 0 Å². The number of hydrogen-bond donors (Lipinski definition) is 1. The van der Waals surface area contributed by atoms with Gasteiger partial charge < -0.3 is 5.73 Å². The van der Waals surface area contributed by atoms with Gasteiger partial charge in [0.05, 0.1) is 0 Å². The molecule has 2 atom stereocenters. The minimum Gasteiger partial charge on any atom is -0.326 e. The molecule has 0 aliphatic heterocycles. The van der Waals surface area contributed by atoms with Crippen molar-refractivity contribution in [3.8, 4) is 0 Å². The maximum atomic E-state index is 6.11. The lowest BCUT2D eigenvalue weighted by molar-refractivity contribution is 0.222. The molecule has 1 aromatic heterocycles. The smallest absolute Gasteiger partial charge is 0.0331 e. The lowest BCUT2D eigenvalue weighted by atomic mass is 10.1. The van der Waals surface area contributed by atoms with Crippen molar-refractivity contribution in [2.75, 3.05) is 7.05 Å². The van der Waals surface area contributed by atoms with E-state index in [9.17, 15) is 0 Å². The fourth-order valence-electron chi connectivity index (χ4n) is 2.43. The van der Waals surface area contributed by atoms with E-state index in [1.54, 1.807) is 0 Å². The van der Waals surface area contributed by atoms with Crippen LogP contribution < -0.4 is 5.73 Å². The first-order chi connectivity index (χ1) is 7.18. The Bertz CT molecular complexity index is 321. The molecule has 1 fully saturated rings. The highest BCUT2D eigenvalue weighted by Crippen LogP contribution is 2.25. The van der Waals surface area contributed by atoms with Gasteiger partial charge in [-0.1, -0.05) is 6.42 Å². The van der Waals surface area contributed by atoms with Gasteiger partial charge in [0.1, 0.15) is 0 Å². The van der Waals surface area contributed by atoms with Crippen LogP contribution in [0.15, 0.2) is 11.4 Å². The topological polar surface area (TPSA) is 29.3 Å². The fourth-order valence-corrected chi connectivity index (χ4v) is 3.39. The highest BCUT2D eigenvalue weighted by molar-refractivity contribution is 7.10. The highest BCUT2D eigenvalue weighted by atomic mass is 32.1. The summed E-state index contributed by atoms with van der Waals surface area (Å²) in [6, 6.07) is 3.17. The number of hydrogen-bond acceptors (Lipinski definition) is 3. The Morgan fingerprint density at radius 1 is 1.53 bits per heavy atom. The van der Waals surface area contributed by atoms with Crippen LogP contribution in [0.3, 0.4) is 0 Å². The van der Waals surface area contributed by atoms with Crippen molar-refractivity contribution in [3.63, 3.8) is 0 Å². The summed E-state index contributed by atoms with van der Waals surface area (Å²) in [7, 11) is 2.20. The van der Waals surface area contributed by atoms with Crippen LogP contribution in [0.4, 0.5) is 0 Å². The summed E-state index contributed by atoms with van der Waals surface area (Å²) in [6.45, 7) is 3.25. The van der Waals surface area contributed by atoms with Crippen LogP contribution >= 0.6 is 11.3 Å². The molecular formula is C12H20N2S. The second-order valence-corrected chi connectivity index (χ2v) is 5.60. The second kappa shape index (κ2) is 4.64. The van der Waals surface area contributed by atoms with Gasteiger partial charge in [0.2, 0.25) is 0 Å². The third-order valence-electron chi connectivity index (χ3n) is 3.46. The molecule has 0 spiro atoms. The molecule has 0 saturated heterocycles. The molecule has 2 N–H and O–H groups in total. The van der Waals surface area contributed by atoms with Crippen LogP contribution in [0, 0.1) is 6.92 Å². The predicted molar refractivity (Wildman–Crippen MR) is 66.1 cm³/mol. The molecule has 1 heterocycles. The van der Waals surface area contributed by atoms with Crippen LogP contribution in [0.2, 0.25) is 0 Å². The molecule has 0 amide bonds. The van der Waals surface area contributed by atoms with E-state index in [1.165, 1.54) is 29.7 Å². The number of nitrogens with zero attached hydrogens (tertiary/aromatic N) is 1. The molecule has 0 radical (unpaired) electrons. The van der Waals surface area contributed by atoms with E-state index in [-0.39, 0.29) is 0 Å². The standard InChI is InChI=1S/C12H20N2S/c1-9-6-7-15-12(9)8-14(2)11-5-3-4-10(11)13/h6-7,10-11H,3-5,8,13H2,1-2H3. The first kappa shape index (κ1) is 11.1. The minimum atomic E-state index is 0.385. The molecule has 3 heteroatoms. The normalized spacial score (nSPS) is 26.4. The monoisotopic (exact) mass is 224 g/mol. The molecule has 0 aromatic carbocycles. The Balaban J connectivity index is 1.97. The average Bonchev–Trinajstić information content (AvgIpc) is 2.76. The molecule has 2 rings (SSSR count). The summed E-state index contributed by atoms with van der Waals surface area (Å²) >= 11 is 1.86.